The van der Waals surface area contributed by atoms with Crippen molar-refractivity contribution < 1.29 is 14.3 Å². The normalized spacial score (nSPS) is 35.9. The van der Waals surface area contributed by atoms with Crippen LogP contribution in [0.25, 0.3) is 0 Å². The largest absolute Gasteiger partial charge is 0.377 e. The maximum atomic E-state index is 12.8. The van der Waals surface area contributed by atoms with Gasteiger partial charge in [-0.05, 0) is 36.5 Å². The van der Waals surface area contributed by atoms with Gasteiger partial charge in [0.05, 0.1) is 17.9 Å². The molecule has 2 saturated heterocycles. The van der Waals surface area contributed by atoms with E-state index in [0.29, 0.717) is 25.0 Å². The van der Waals surface area contributed by atoms with Crippen molar-refractivity contribution in [3.63, 3.8) is 0 Å². The number of fused-ring (bicyclic) bond motifs is 5. The molecule has 4 rings (SSSR count). The van der Waals surface area contributed by atoms with Crippen molar-refractivity contribution in [2.24, 2.45) is 40.0 Å². The fourth-order valence-corrected chi connectivity index (χ4v) is 5.93. The van der Waals surface area contributed by atoms with Crippen molar-refractivity contribution >= 4 is 17.8 Å². The summed E-state index contributed by atoms with van der Waals surface area (Å²) in [7, 11) is 1.74. The van der Waals surface area contributed by atoms with Gasteiger partial charge in [-0.15, -0.1) is 0 Å². The van der Waals surface area contributed by atoms with Crippen LogP contribution in [-0.2, 0) is 14.3 Å². The molecule has 166 valence electrons. The Kier molecular flexibility index (Phi) is 5.93. The van der Waals surface area contributed by atoms with Crippen LogP contribution in [0.4, 0.5) is 0 Å². The van der Waals surface area contributed by atoms with Gasteiger partial charge >= 0.3 is 0 Å². The van der Waals surface area contributed by atoms with Crippen LogP contribution < -0.4 is 10.6 Å². The van der Waals surface area contributed by atoms with Crippen molar-refractivity contribution in [3.8, 4) is 0 Å². The summed E-state index contributed by atoms with van der Waals surface area (Å²) in [6, 6.07) is 0. The third-order valence-corrected chi connectivity index (χ3v) is 7.24. The average Bonchev–Trinajstić information content (AvgIpc) is 3.39. The number of carbonyl (C=O) groups is 2. The highest BCUT2D eigenvalue weighted by Crippen LogP contribution is 2.52. The standard InChI is InChI=1S/C23H36N4O3/c1-23(2,3)19-16(6-5-11-30-19)13-26-22(24-4)25-9-10-27-20(28)17-14-7-8-15(12-14)18(17)21(27)29/h7-8,14-19H,5-6,9-13H2,1-4H3,(H2,24,25,26). The molecule has 2 bridgehead atoms. The van der Waals surface area contributed by atoms with Crippen LogP contribution in [0.1, 0.15) is 40.0 Å². The Labute approximate surface area is 179 Å². The van der Waals surface area contributed by atoms with Crippen LogP contribution in [0.5, 0.6) is 0 Å². The Hall–Kier alpha value is -1.89. The summed E-state index contributed by atoms with van der Waals surface area (Å²) in [5.41, 5.74) is 0.104. The van der Waals surface area contributed by atoms with E-state index in [1.54, 1.807) is 7.05 Å². The summed E-state index contributed by atoms with van der Waals surface area (Å²) in [6.45, 7) is 9.20. The molecular weight excluding hydrogens is 380 g/mol. The summed E-state index contributed by atoms with van der Waals surface area (Å²) >= 11 is 0. The predicted octanol–water partition coefficient (Wildman–Crippen LogP) is 1.80. The Bertz CT molecular complexity index is 711. The van der Waals surface area contributed by atoms with E-state index >= 15 is 0 Å². The van der Waals surface area contributed by atoms with E-state index in [1.807, 2.05) is 0 Å². The molecule has 1 saturated carbocycles. The van der Waals surface area contributed by atoms with Gasteiger partial charge in [-0.25, -0.2) is 0 Å². The molecule has 4 aliphatic rings. The molecule has 7 heteroatoms. The lowest BCUT2D eigenvalue weighted by molar-refractivity contribution is -0.140. The molecule has 30 heavy (non-hydrogen) atoms. The minimum Gasteiger partial charge on any atom is -0.377 e. The monoisotopic (exact) mass is 416 g/mol. The number of amides is 2. The second-order valence-electron chi connectivity index (χ2n) is 10.3. The third kappa shape index (κ3) is 3.88. The van der Waals surface area contributed by atoms with E-state index < -0.39 is 0 Å². The van der Waals surface area contributed by atoms with Crippen LogP contribution >= 0.6 is 0 Å². The van der Waals surface area contributed by atoms with Crippen LogP contribution in [-0.4, -0.2) is 62.1 Å². The second-order valence-corrected chi connectivity index (χ2v) is 10.3. The first-order valence-corrected chi connectivity index (χ1v) is 11.4. The van der Waals surface area contributed by atoms with Crippen LogP contribution in [0, 0.1) is 35.0 Å². The number of rotatable bonds is 5. The highest BCUT2D eigenvalue weighted by atomic mass is 16.5. The van der Waals surface area contributed by atoms with Gasteiger partial charge in [-0.1, -0.05) is 32.9 Å². The Balaban J connectivity index is 1.25. The summed E-state index contributed by atoms with van der Waals surface area (Å²) in [6.07, 6.45) is 7.68. The SMILES string of the molecule is CN=C(NCCN1C(=O)C2C3C=CC(C3)C2C1=O)NCC1CCCOC1C(C)(C)C. The number of imide groups is 1. The minimum absolute atomic E-state index is 0.0129. The van der Waals surface area contributed by atoms with E-state index in [2.05, 4.69) is 48.5 Å². The van der Waals surface area contributed by atoms with E-state index in [4.69, 9.17) is 4.74 Å². The maximum absolute atomic E-state index is 12.8. The number of carbonyl (C=O) groups excluding carboxylic acids is 2. The van der Waals surface area contributed by atoms with Gasteiger partial charge in [0.25, 0.3) is 0 Å². The number of nitrogens with zero attached hydrogens (tertiary/aromatic N) is 2. The number of guanidine groups is 1. The molecule has 6 atom stereocenters. The molecule has 7 nitrogen and oxygen atoms in total. The molecule has 2 amide bonds. The maximum Gasteiger partial charge on any atom is 0.233 e. The lowest BCUT2D eigenvalue weighted by Gasteiger charge is -2.40. The van der Waals surface area contributed by atoms with Crippen LogP contribution in [0.3, 0.4) is 0 Å². The molecule has 6 unspecified atom stereocenters. The van der Waals surface area contributed by atoms with Crippen molar-refractivity contribution in [1.82, 2.24) is 15.5 Å². The zero-order chi connectivity index (χ0) is 21.5. The molecule has 2 heterocycles. The first-order valence-electron chi connectivity index (χ1n) is 11.4. The first-order chi connectivity index (χ1) is 14.3. The fourth-order valence-electron chi connectivity index (χ4n) is 5.93. The molecule has 3 fully saturated rings. The van der Waals surface area contributed by atoms with Crippen molar-refractivity contribution in [3.05, 3.63) is 12.2 Å². The zero-order valence-corrected chi connectivity index (χ0v) is 18.7. The number of ether oxygens (including phenoxy) is 1. The van der Waals surface area contributed by atoms with Gasteiger partial charge in [-0.3, -0.25) is 19.5 Å². The van der Waals surface area contributed by atoms with E-state index in [9.17, 15) is 9.59 Å². The number of hydrogen-bond acceptors (Lipinski definition) is 4. The lowest BCUT2D eigenvalue weighted by Crippen LogP contribution is -2.48. The number of nitrogens with one attached hydrogen (secondary N) is 2. The Morgan fingerprint density at radius 3 is 2.43 bits per heavy atom. The van der Waals surface area contributed by atoms with Crippen molar-refractivity contribution in [2.75, 3.05) is 33.3 Å². The van der Waals surface area contributed by atoms with E-state index in [0.717, 1.165) is 32.4 Å². The number of allylic oxidation sites excluding steroid dienone is 2. The molecule has 0 radical (unpaired) electrons. The summed E-state index contributed by atoms with van der Waals surface area (Å²) < 4.78 is 6.06. The predicted molar refractivity (Wildman–Crippen MR) is 116 cm³/mol. The molecule has 0 aromatic heterocycles. The van der Waals surface area contributed by atoms with Crippen LogP contribution in [0.2, 0.25) is 0 Å². The second kappa shape index (κ2) is 8.33. The molecule has 0 spiro atoms. The van der Waals surface area contributed by atoms with E-state index in [-0.39, 0.29) is 47.0 Å². The Morgan fingerprint density at radius 1 is 1.17 bits per heavy atom. The molecule has 2 aliphatic heterocycles. The van der Waals surface area contributed by atoms with Crippen LogP contribution in [0.15, 0.2) is 17.1 Å². The number of hydrogen-bond donors (Lipinski definition) is 2. The van der Waals surface area contributed by atoms with Gasteiger partial charge in [0.1, 0.15) is 0 Å². The molecule has 0 aromatic carbocycles. The van der Waals surface area contributed by atoms with Gasteiger partial charge in [0, 0.05) is 39.2 Å². The van der Waals surface area contributed by atoms with Gasteiger partial charge in [-0.2, -0.15) is 0 Å². The molecule has 2 aliphatic carbocycles. The molecule has 2 N–H and O–H groups in total. The summed E-state index contributed by atoms with van der Waals surface area (Å²) in [4.78, 5) is 31.3. The third-order valence-electron chi connectivity index (χ3n) is 7.24. The minimum atomic E-state index is -0.120. The fraction of sp³-hybridized carbons (Fsp3) is 0.783. The first kappa shape index (κ1) is 21.3. The van der Waals surface area contributed by atoms with Crippen molar-refractivity contribution in [1.29, 1.82) is 0 Å². The summed E-state index contributed by atoms with van der Waals surface area (Å²) in [5.74, 6) is 1.44. The van der Waals surface area contributed by atoms with E-state index in [1.165, 1.54) is 4.90 Å². The van der Waals surface area contributed by atoms with Gasteiger partial charge < -0.3 is 15.4 Å². The zero-order valence-electron chi connectivity index (χ0n) is 18.7. The highest BCUT2D eigenvalue weighted by molar-refractivity contribution is 6.06. The Morgan fingerprint density at radius 2 is 1.83 bits per heavy atom. The average molecular weight is 417 g/mol. The molecular formula is C23H36N4O3. The number of aliphatic imine (C=N–C) groups is 1. The van der Waals surface area contributed by atoms with Gasteiger partial charge in [0.2, 0.25) is 11.8 Å². The topological polar surface area (TPSA) is 83.0 Å². The highest BCUT2D eigenvalue weighted by Gasteiger charge is 2.58. The smallest absolute Gasteiger partial charge is 0.233 e. The summed E-state index contributed by atoms with van der Waals surface area (Å²) in [5, 5.41) is 6.68. The quantitative estimate of drug-likeness (QED) is 0.309. The lowest BCUT2D eigenvalue weighted by atomic mass is 9.78. The number of likely N-dealkylation sites (tertiary alicyclic amines) is 1. The molecule has 0 aromatic rings. The van der Waals surface area contributed by atoms with Gasteiger partial charge in [0.15, 0.2) is 5.96 Å². The van der Waals surface area contributed by atoms with Crippen molar-refractivity contribution in [2.45, 2.75) is 46.1 Å².